The Morgan fingerprint density at radius 3 is 2.27 bits per heavy atom. The second-order valence-electron chi connectivity index (χ2n) is 11.1. The van der Waals surface area contributed by atoms with Gasteiger partial charge in [-0.3, -0.25) is 4.79 Å². The lowest BCUT2D eigenvalue weighted by Gasteiger charge is -2.36. The molecule has 0 N–H and O–H groups in total. The molecule has 0 saturated carbocycles. The molecule has 3 aromatic heterocycles. The van der Waals surface area contributed by atoms with Gasteiger partial charge in [0.25, 0.3) is 15.6 Å². The van der Waals surface area contributed by atoms with Crippen molar-refractivity contribution in [3.05, 3.63) is 75.2 Å². The molecule has 0 unspecified atom stereocenters. The van der Waals surface area contributed by atoms with Crippen molar-refractivity contribution in [1.29, 1.82) is 0 Å². The van der Waals surface area contributed by atoms with E-state index in [4.69, 9.17) is 4.74 Å². The number of nitrogens with zero attached hydrogens (tertiary/aromatic N) is 5. The number of aromatic nitrogens is 3. The highest BCUT2D eigenvalue weighted by Gasteiger charge is 2.29. The number of carbonyl (C=O) groups is 1. The highest BCUT2D eigenvalue weighted by Crippen LogP contribution is 2.34. The fraction of sp³-hybridized carbons (Fsp3) is 0.345. The van der Waals surface area contributed by atoms with E-state index in [-0.39, 0.29) is 16.5 Å². The molecule has 5 rings (SSSR count). The lowest BCUT2D eigenvalue weighted by atomic mass is 10.2. The number of pyridine rings is 2. The minimum Gasteiger partial charge on any atom is -0.444 e. The molecule has 1 aliphatic rings. The van der Waals surface area contributed by atoms with Crippen LogP contribution in [-0.4, -0.2) is 64.7 Å². The van der Waals surface area contributed by atoms with Crippen LogP contribution in [0, 0.1) is 6.92 Å². The lowest BCUT2D eigenvalue weighted by Crippen LogP contribution is -2.50. The van der Waals surface area contributed by atoms with Crippen LogP contribution in [0.2, 0.25) is 0 Å². The van der Waals surface area contributed by atoms with Crippen molar-refractivity contribution in [2.24, 2.45) is 7.05 Å². The largest absolute Gasteiger partial charge is 0.444 e. The maximum atomic E-state index is 14.0. The number of halogens is 1. The van der Waals surface area contributed by atoms with Gasteiger partial charge >= 0.3 is 6.09 Å². The van der Waals surface area contributed by atoms with E-state index in [1.165, 1.54) is 4.57 Å². The second-order valence-corrected chi connectivity index (χ2v) is 13.8. The number of hydrogen-bond donors (Lipinski definition) is 0. The van der Waals surface area contributed by atoms with Crippen LogP contribution in [0.15, 0.2) is 69.0 Å². The van der Waals surface area contributed by atoms with Gasteiger partial charge in [-0.05, 0) is 74.0 Å². The molecule has 1 amide bonds. The van der Waals surface area contributed by atoms with Gasteiger partial charge in [-0.2, -0.15) is 0 Å². The first-order chi connectivity index (χ1) is 19.3. The Morgan fingerprint density at radius 2 is 1.68 bits per heavy atom. The normalized spacial score (nSPS) is 14.5. The summed E-state index contributed by atoms with van der Waals surface area (Å²) >= 11 is 3.50. The predicted molar refractivity (Wildman–Crippen MR) is 162 cm³/mol. The van der Waals surface area contributed by atoms with Crippen molar-refractivity contribution >= 4 is 48.8 Å². The number of hydrogen-bond acceptors (Lipinski definition) is 7. The minimum atomic E-state index is -4.14. The van der Waals surface area contributed by atoms with Crippen molar-refractivity contribution in [2.75, 3.05) is 31.1 Å². The Balaban J connectivity index is 1.51. The fourth-order valence-electron chi connectivity index (χ4n) is 4.78. The molecule has 0 atom stereocenters. The summed E-state index contributed by atoms with van der Waals surface area (Å²) in [7, 11) is -2.55. The van der Waals surface area contributed by atoms with Gasteiger partial charge in [-0.25, -0.2) is 22.2 Å². The molecule has 4 aromatic rings. The molecule has 1 aromatic carbocycles. The molecule has 0 spiro atoms. The zero-order chi connectivity index (χ0) is 29.7. The number of aryl methyl sites for hydroxylation is 2. The average Bonchev–Trinajstić information content (AvgIpc) is 3.34. The van der Waals surface area contributed by atoms with Crippen molar-refractivity contribution < 1.29 is 17.9 Å². The third-order valence-electron chi connectivity index (χ3n) is 6.90. The van der Waals surface area contributed by atoms with E-state index < -0.39 is 21.2 Å². The zero-order valence-corrected chi connectivity index (χ0v) is 26.0. The first-order valence-corrected chi connectivity index (χ1v) is 15.4. The number of amides is 1. The van der Waals surface area contributed by atoms with Crippen LogP contribution in [0.25, 0.3) is 22.2 Å². The second kappa shape index (κ2) is 10.6. The number of ether oxygens (including phenoxy) is 1. The van der Waals surface area contributed by atoms with Crippen LogP contribution in [-0.2, 0) is 21.8 Å². The van der Waals surface area contributed by atoms with E-state index in [1.54, 1.807) is 60.7 Å². The Kier molecular flexibility index (Phi) is 7.49. The van der Waals surface area contributed by atoms with Crippen LogP contribution in [0.4, 0.5) is 10.6 Å². The molecule has 12 heteroatoms. The maximum absolute atomic E-state index is 14.0. The number of piperazine rings is 1. The fourth-order valence-corrected chi connectivity index (χ4v) is 6.91. The standard InChI is InChI=1S/C29H32BrN5O5S/c1-19-6-9-21(10-7-19)41(38,39)35-24(16-22-23(30)18-32(5)27(36)26(22)35)20-8-11-25(31-17-20)33-12-14-34(15-13-33)28(37)40-29(2,3)4/h6-11,16-18H,12-15H2,1-5H3. The van der Waals surface area contributed by atoms with Gasteiger partial charge in [0.1, 0.15) is 16.9 Å². The van der Waals surface area contributed by atoms with Crippen LogP contribution in [0.1, 0.15) is 26.3 Å². The van der Waals surface area contributed by atoms with Crippen LogP contribution < -0.4 is 10.5 Å². The van der Waals surface area contributed by atoms with E-state index >= 15 is 0 Å². The van der Waals surface area contributed by atoms with E-state index in [2.05, 4.69) is 25.8 Å². The van der Waals surface area contributed by atoms with E-state index in [0.717, 1.165) is 9.54 Å². The monoisotopic (exact) mass is 641 g/mol. The Bertz CT molecular complexity index is 1780. The van der Waals surface area contributed by atoms with Crippen molar-refractivity contribution in [2.45, 2.75) is 38.2 Å². The summed E-state index contributed by atoms with van der Waals surface area (Å²) in [5, 5.41) is 0.487. The summed E-state index contributed by atoms with van der Waals surface area (Å²) in [5.41, 5.74) is 0.866. The topological polar surface area (TPSA) is 107 Å². The summed E-state index contributed by atoms with van der Waals surface area (Å²) in [6.45, 7) is 9.56. The molecule has 1 fully saturated rings. The summed E-state index contributed by atoms with van der Waals surface area (Å²) in [6.07, 6.45) is 2.90. The minimum absolute atomic E-state index is 0.0554. The number of fused-ring (bicyclic) bond motifs is 1. The molecule has 216 valence electrons. The number of benzene rings is 1. The smallest absolute Gasteiger partial charge is 0.410 e. The molecule has 0 aliphatic carbocycles. The quantitative estimate of drug-likeness (QED) is 0.316. The first-order valence-electron chi connectivity index (χ1n) is 13.2. The van der Waals surface area contributed by atoms with Gasteiger partial charge in [0, 0.05) is 61.0 Å². The predicted octanol–water partition coefficient (Wildman–Crippen LogP) is 4.77. The highest BCUT2D eigenvalue weighted by atomic mass is 79.9. The van der Waals surface area contributed by atoms with Gasteiger partial charge in [0.15, 0.2) is 0 Å². The lowest BCUT2D eigenvalue weighted by molar-refractivity contribution is 0.0240. The van der Waals surface area contributed by atoms with Crippen molar-refractivity contribution in [3.63, 3.8) is 0 Å². The molecular weight excluding hydrogens is 610 g/mol. The van der Waals surface area contributed by atoms with Gasteiger partial charge in [0.05, 0.1) is 10.6 Å². The van der Waals surface area contributed by atoms with E-state index in [1.807, 2.05) is 33.8 Å². The third kappa shape index (κ3) is 5.62. The summed E-state index contributed by atoms with van der Waals surface area (Å²) < 4.78 is 36.6. The van der Waals surface area contributed by atoms with Crippen molar-refractivity contribution in [1.82, 2.24) is 18.4 Å². The van der Waals surface area contributed by atoms with Gasteiger partial charge < -0.3 is 19.1 Å². The van der Waals surface area contributed by atoms with Gasteiger partial charge in [-0.1, -0.05) is 17.7 Å². The SMILES string of the molecule is Cc1ccc(S(=O)(=O)n2c(-c3ccc(N4CCN(C(=O)OC(C)(C)C)CC4)nc3)cc3c(Br)cn(C)c(=O)c32)cc1. The Morgan fingerprint density at radius 1 is 1.02 bits per heavy atom. The molecule has 0 radical (unpaired) electrons. The van der Waals surface area contributed by atoms with Crippen LogP contribution >= 0.6 is 15.9 Å². The molecular formula is C29H32BrN5O5S. The summed E-state index contributed by atoms with van der Waals surface area (Å²) in [6, 6.07) is 11.9. The van der Waals surface area contributed by atoms with Gasteiger partial charge in [0.2, 0.25) is 0 Å². The van der Waals surface area contributed by atoms with E-state index in [9.17, 15) is 18.0 Å². The maximum Gasteiger partial charge on any atom is 0.410 e. The highest BCUT2D eigenvalue weighted by molar-refractivity contribution is 9.10. The molecule has 1 saturated heterocycles. The van der Waals surface area contributed by atoms with Crippen LogP contribution in [0.5, 0.6) is 0 Å². The number of carbonyl (C=O) groups excluding carboxylic acids is 1. The van der Waals surface area contributed by atoms with Crippen LogP contribution in [0.3, 0.4) is 0 Å². The first kappa shape index (κ1) is 28.9. The third-order valence-corrected chi connectivity index (χ3v) is 9.26. The Hall–Kier alpha value is -3.64. The zero-order valence-electron chi connectivity index (χ0n) is 23.6. The summed E-state index contributed by atoms with van der Waals surface area (Å²) in [5.74, 6) is 0.707. The molecule has 0 bridgehead atoms. The molecule has 4 heterocycles. The van der Waals surface area contributed by atoms with Gasteiger partial charge in [-0.15, -0.1) is 0 Å². The number of anilines is 1. The molecule has 1 aliphatic heterocycles. The summed E-state index contributed by atoms with van der Waals surface area (Å²) in [4.78, 5) is 34.2. The van der Waals surface area contributed by atoms with E-state index in [0.29, 0.717) is 53.1 Å². The Labute approximate surface area is 247 Å². The molecule has 41 heavy (non-hydrogen) atoms. The number of rotatable bonds is 4. The average molecular weight is 643 g/mol. The van der Waals surface area contributed by atoms with Crippen molar-refractivity contribution in [3.8, 4) is 11.3 Å². The molecule has 10 nitrogen and oxygen atoms in total.